The first kappa shape index (κ1) is 13.7. The molecule has 1 aliphatic rings. The molecule has 0 amide bonds. The highest BCUT2D eigenvalue weighted by molar-refractivity contribution is 5.56. The van der Waals surface area contributed by atoms with Gasteiger partial charge in [0.2, 0.25) is 5.95 Å². The highest BCUT2D eigenvalue weighted by Gasteiger charge is 2.15. The van der Waals surface area contributed by atoms with E-state index in [0.717, 1.165) is 19.4 Å². The topological polar surface area (TPSA) is 72.0 Å². The van der Waals surface area contributed by atoms with Gasteiger partial charge in [-0.1, -0.05) is 12.1 Å². The quantitative estimate of drug-likeness (QED) is 0.880. The van der Waals surface area contributed by atoms with E-state index in [9.17, 15) is 4.39 Å². The van der Waals surface area contributed by atoms with E-state index in [1.165, 1.54) is 12.3 Å². The number of halogens is 1. The van der Waals surface area contributed by atoms with Crippen LogP contribution in [0.1, 0.15) is 12.8 Å². The Morgan fingerprint density at radius 2 is 2.24 bits per heavy atom. The molecule has 0 spiro atoms. The third kappa shape index (κ3) is 3.63. The number of ether oxygens (including phenoxy) is 1. The fourth-order valence-electron chi connectivity index (χ4n) is 2.15. The predicted molar refractivity (Wildman–Crippen MR) is 77.0 cm³/mol. The lowest BCUT2D eigenvalue weighted by Crippen LogP contribution is -2.20. The molecule has 2 aromatic rings. The summed E-state index contributed by atoms with van der Waals surface area (Å²) in [6.07, 6.45) is 3.76. The van der Waals surface area contributed by atoms with Crippen molar-refractivity contribution in [1.82, 2.24) is 15.2 Å². The van der Waals surface area contributed by atoms with E-state index in [-0.39, 0.29) is 11.9 Å². The van der Waals surface area contributed by atoms with Gasteiger partial charge in [0.1, 0.15) is 5.82 Å². The van der Waals surface area contributed by atoms with E-state index in [2.05, 4.69) is 25.8 Å². The smallest absolute Gasteiger partial charge is 0.244 e. The first-order chi connectivity index (χ1) is 10.3. The Kier molecular flexibility index (Phi) is 4.20. The third-order valence-electron chi connectivity index (χ3n) is 3.21. The van der Waals surface area contributed by atoms with Crippen molar-refractivity contribution < 1.29 is 9.13 Å². The Labute approximate surface area is 121 Å². The molecule has 1 aromatic carbocycles. The van der Waals surface area contributed by atoms with Crippen molar-refractivity contribution in [3.8, 4) is 0 Å². The minimum absolute atomic E-state index is 0.191. The zero-order chi connectivity index (χ0) is 14.5. The normalized spacial score (nSPS) is 17.7. The van der Waals surface area contributed by atoms with Crippen LogP contribution in [0.2, 0.25) is 0 Å². The number of hydrogen-bond acceptors (Lipinski definition) is 6. The van der Waals surface area contributed by atoms with Crippen LogP contribution in [0.15, 0.2) is 30.5 Å². The van der Waals surface area contributed by atoms with E-state index in [0.29, 0.717) is 24.0 Å². The summed E-state index contributed by atoms with van der Waals surface area (Å²) in [6.45, 7) is 1.45. The highest BCUT2D eigenvalue weighted by atomic mass is 19.1. The Balaban J connectivity index is 1.64. The minimum Gasteiger partial charge on any atom is -0.376 e. The highest BCUT2D eigenvalue weighted by Crippen LogP contribution is 2.18. The van der Waals surface area contributed by atoms with Gasteiger partial charge in [0.15, 0.2) is 5.82 Å². The molecule has 2 N–H and O–H groups in total. The first-order valence-corrected chi connectivity index (χ1v) is 6.88. The van der Waals surface area contributed by atoms with Gasteiger partial charge in [0.25, 0.3) is 0 Å². The van der Waals surface area contributed by atoms with Crippen molar-refractivity contribution in [2.45, 2.75) is 18.9 Å². The number of hydrogen-bond donors (Lipinski definition) is 2. The van der Waals surface area contributed by atoms with E-state index < -0.39 is 0 Å². The van der Waals surface area contributed by atoms with Crippen molar-refractivity contribution in [2.24, 2.45) is 0 Å². The SMILES string of the molecule is Fc1ccccc1Nc1cnnc(NCC2CCCO2)n1. The molecular formula is C14H16FN5O. The summed E-state index contributed by atoms with van der Waals surface area (Å²) < 4.78 is 19.1. The molecule has 21 heavy (non-hydrogen) atoms. The predicted octanol–water partition coefficient (Wildman–Crippen LogP) is 2.35. The summed E-state index contributed by atoms with van der Waals surface area (Å²) >= 11 is 0. The summed E-state index contributed by atoms with van der Waals surface area (Å²) in [5.74, 6) is 0.488. The number of anilines is 3. The van der Waals surface area contributed by atoms with Gasteiger partial charge in [-0.2, -0.15) is 10.1 Å². The molecule has 0 aliphatic carbocycles. The lowest BCUT2D eigenvalue weighted by atomic mass is 10.2. The Bertz CT molecular complexity index is 603. The molecule has 1 aliphatic heterocycles. The maximum absolute atomic E-state index is 13.6. The lowest BCUT2D eigenvalue weighted by molar-refractivity contribution is 0.120. The van der Waals surface area contributed by atoms with Gasteiger partial charge in [-0.05, 0) is 25.0 Å². The van der Waals surface area contributed by atoms with Crippen LogP contribution in [0.25, 0.3) is 0 Å². The van der Waals surface area contributed by atoms with E-state index in [4.69, 9.17) is 4.74 Å². The van der Waals surface area contributed by atoms with Crippen LogP contribution in [0.4, 0.5) is 21.8 Å². The number of benzene rings is 1. The van der Waals surface area contributed by atoms with Crippen LogP contribution in [-0.4, -0.2) is 34.4 Å². The second-order valence-electron chi connectivity index (χ2n) is 4.79. The van der Waals surface area contributed by atoms with Gasteiger partial charge in [-0.15, -0.1) is 5.10 Å². The van der Waals surface area contributed by atoms with Crippen molar-refractivity contribution in [3.63, 3.8) is 0 Å². The molecule has 1 aromatic heterocycles. The average Bonchev–Trinajstić information content (AvgIpc) is 3.01. The molecule has 1 atom stereocenters. The summed E-state index contributed by atoms with van der Waals surface area (Å²) in [5, 5.41) is 13.7. The Hall–Kier alpha value is -2.28. The first-order valence-electron chi connectivity index (χ1n) is 6.88. The molecule has 0 saturated carbocycles. The molecule has 7 heteroatoms. The van der Waals surface area contributed by atoms with Crippen LogP contribution in [0.3, 0.4) is 0 Å². The van der Waals surface area contributed by atoms with Gasteiger partial charge in [0.05, 0.1) is 18.0 Å². The lowest BCUT2D eigenvalue weighted by Gasteiger charge is -2.11. The minimum atomic E-state index is -0.343. The summed E-state index contributed by atoms with van der Waals surface area (Å²) in [4.78, 5) is 4.25. The molecule has 1 fully saturated rings. The van der Waals surface area contributed by atoms with E-state index >= 15 is 0 Å². The third-order valence-corrected chi connectivity index (χ3v) is 3.21. The molecule has 0 radical (unpaired) electrons. The maximum atomic E-state index is 13.6. The molecule has 3 rings (SSSR count). The summed E-state index contributed by atoms with van der Waals surface area (Å²) in [5.41, 5.74) is 0.350. The molecular weight excluding hydrogens is 273 g/mol. The Morgan fingerprint density at radius 1 is 1.33 bits per heavy atom. The molecule has 1 unspecified atom stereocenters. The van der Waals surface area contributed by atoms with Gasteiger partial charge in [-0.25, -0.2) is 4.39 Å². The van der Waals surface area contributed by atoms with E-state index in [1.807, 2.05) is 0 Å². The number of nitrogens with one attached hydrogen (secondary N) is 2. The zero-order valence-corrected chi connectivity index (χ0v) is 11.4. The van der Waals surface area contributed by atoms with Crippen molar-refractivity contribution in [3.05, 3.63) is 36.3 Å². The van der Waals surface area contributed by atoms with Crippen molar-refractivity contribution in [1.29, 1.82) is 0 Å². The van der Waals surface area contributed by atoms with Gasteiger partial charge in [0, 0.05) is 13.2 Å². The molecule has 110 valence electrons. The number of aromatic nitrogens is 3. The van der Waals surface area contributed by atoms with Crippen LogP contribution in [0, 0.1) is 5.82 Å². The zero-order valence-electron chi connectivity index (χ0n) is 11.4. The molecule has 1 saturated heterocycles. The monoisotopic (exact) mass is 289 g/mol. The van der Waals surface area contributed by atoms with E-state index in [1.54, 1.807) is 18.2 Å². The molecule has 0 bridgehead atoms. The Morgan fingerprint density at radius 3 is 3.05 bits per heavy atom. The number of para-hydroxylation sites is 1. The molecule has 2 heterocycles. The second kappa shape index (κ2) is 6.45. The molecule has 6 nitrogen and oxygen atoms in total. The fraction of sp³-hybridized carbons (Fsp3) is 0.357. The van der Waals surface area contributed by atoms with Gasteiger partial charge >= 0.3 is 0 Å². The standard InChI is InChI=1S/C14H16FN5O/c15-11-5-1-2-6-12(11)18-13-9-17-20-14(19-13)16-8-10-4-3-7-21-10/h1-2,5-6,9-10H,3-4,7-8H2,(H2,16,18,19,20). The largest absolute Gasteiger partial charge is 0.376 e. The van der Waals surface area contributed by atoms with Crippen molar-refractivity contribution in [2.75, 3.05) is 23.8 Å². The summed E-state index contributed by atoms with van der Waals surface area (Å²) in [6, 6.07) is 6.40. The second-order valence-corrected chi connectivity index (χ2v) is 4.79. The van der Waals surface area contributed by atoms with Crippen LogP contribution >= 0.6 is 0 Å². The van der Waals surface area contributed by atoms with Crippen LogP contribution in [0.5, 0.6) is 0 Å². The maximum Gasteiger partial charge on any atom is 0.244 e. The summed E-state index contributed by atoms with van der Waals surface area (Å²) in [7, 11) is 0. The number of nitrogens with zero attached hydrogens (tertiary/aromatic N) is 3. The fourth-order valence-corrected chi connectivity index (χ4v) is 2.15. The van der Waals surface area contributed by atoms with Crippen molar-refractivity contribution >= 4 is 17.5 Å². The van der Waals surface area contributed by atoms with Gasteiger partial charge < -0.3 is 15.4 Å². The average molecular weight is 289 g/mol. The van der Waals surface area contributed by atoms with Crippen LogP contribution < -0.4 is 10.6 Å². The van der Waals surface area contributed by atoms with Gasteiger partial charge in [-0.3, -0.25) is 0 Å². The number of rotatable bonds is 5. The van der Waals surface area contributed by atoms with Crippen LogP contribution in [-0.2, 0) is 4.74 Å².